The minimum absolute atomic E-state index is 0.701. The number of fused-ring (bicyclic) bond motifs is 1. The van der Waals surface area contributed by atoms with Gasteiger partial charge in [-0.1, -0.05) is 37.0 Å². The van der Waals surface area contributed by atoms with E-state index in [2.05, 4.69) is 15.5 Å². The van der Waals surface area contributed by atoms with Crippen molar-refractivity contribution in [3.8, 4) is 0 Å². The molecule has 2 saturated carbocycles. The molecule has 1 aromatic rings. The Balaban J connectivity index is 1.65. The monoisotopic (exact) mass is 265 g/mol. The molecule has 0 aromatic carbocycles. The van der Waals surface area contributed by atoms with Crippen molar-refractivity contribution in [2.45, 2.75) is 57.4 Å². The van der Waals surface area contributed by atoms with Gasteiger partial charge in [-0.2, -0.15) is 0 Å². The second-order valence-electron chi connectivity index (χ2n) is 5.88. The van der Waals surface area contributed by atoms with Crippen LogP contribution < -0.4 is 5.32 Å². The maximum atomic E-state index is 4.42. The molecule has 2 fully saturated rings. The van der Waals surface area contributed by atoms with E-state index in [1.54, 1.807) is 0 Å². The van der Waals surface area contributed by atoms with Crippen LogP contribution in [0.15, 0.2) is 0 Å². The third kappa shape index (κ3) is 2.59. The lowest BCUT2D eigenvalue weighted by Gasteiger charge is -2.38. The number of nitrogens with zero attached hydrogens (tertiary/aromatic N) is 2. The molecule has 3 rings (SSSR count). The second-order valence-corrected chi connectivity index (χ2v) is 6.97. The van der Waals surface area contributed by atoms with E-state index in [1.165, 1.54) is 50.0 Å². The first-order valence-corrected chi connectivity index (χ1v) is 8.15. The Labute approximate surface area is 113 Å². The fourth-order valence-corrected chi connectivity index (χ4v) is 4.75. The van der Waals surface area contributed by atoms with E-state index >= 15 is 0 Å². The van der Waals surface area contributed by atoms with Crippen molar-refractivity contribution >= 4 is 11.3 Å². The molecule has 3 nitrogen and oxygen atoms in total. The van der Waals surface area contributed by atoms with E-state index in [9.17, 15) is 0 Å². The van der Waals surface area contributed by atoms with Crippen LogP contribution in [0.25, 0.3) is 0 Å². The number of aromatic nitrogens is 2. The molecule has 18 heavy (non-hydrogen) atoms. The molecular formula is C14H23N3S. The fourth-order valence-electron chi connectivity index (χ4n) is 3.75. The highest BCUT2D eigenvalue weighted by atomic mass is 32.1. The van der Waals surface area contributed by atoms with Gasteiger partial charge in [-0.15, -0.1) is 10.2 Å². The summed E-state index contributed by atoms with van der Waals surface area (Å²) in [7, 11) is 1.97. The van der Waals surface area contributed by atoms with Gasteiger partial charge in [0.2, 0.25) is 0 Å². The van der Waals surface area contributed by atoms with Crippen molar-refractivity contribution in [1.29, 1.82) is 0 Å². The van der Waals surface area contributed by atoms with Crippen molar-refractivity contribution in [3.63, 3.8) is 0 Å². The van der Waals surface area contributed by atoms with Gasteiger partial charge in [0.05, 0.1) is 0 Å². The molecule has 0 radical (unpaired) electrons. The summed E-state index contributed by atoms with van der Waals surface area (Å²) in [5.74, 6) is 2.71. The summed E-state index contributed by atoms with van der Waals surface area (Å²) < 4.78 is 0. The summed E-state index contributed by atoms with van der Waals surface area (Å²) >= 11 is 1.82. The Bertz CT molecular complexity index is 390. The lowest BCUT2D eigenvalue weighted by Crippen LogP contribution is -2.26. The van der Waals surface area contributed by atoms with E-state index in [4.69, 9.17) is 0 Å². The normalized spacial score (nSPS) is 32.2. The zero-order valence-electron chi connectivity index (χ0n) is 11.2. The minimum Gasteiger partial charge on any atom is -0.313 e. The molecule has 1 N–H and O–H groups in total. The van der Waals surface area contributed by atoms with Crippen molar-refractivity contribution in [3.05, 3.63) is 10.0 Å². The average Bonchev–Trinajstić information content (AvgIpc) is 2.87. The van der Waals surface area contributed by atoms with Gasteiger partial charge in [0, 0.05) is 12.5 Å². The van der Waals surface area contributed by atoms with Crippen LogP contribution in [0.4, 0.5) is 0 Å². The summed E-state index contributed by atoms with van der Waals surface area (Å²) in [6, 6.07) is 0. The maximum absolute atomic E-state index is 4.42. The lowest BCUT2D eigenvalue weighted by atomic mass is 9.68. The maximum Gasteiger partial charge on any atom is 0.131 e. The molecule has 3 atom stereocenters. The molecule has 1 heterocycles. The van der Waals surface area contributed by atoms with Gasteiger partial charge in [0.1, 0.15) is 10.0 Å². The number of nitrogens with one attached hydrogen (secondary N) is 1. The van der Waals surface area contributed by atoms with Crippen LogP contribution >= 0.6 is 11.3 Å². The molecule has 3 unspecified atom stereocenters. The van der Waals surface area contributed by atoms with Crippen LogP contribution in [0.5, 0.6) is 0 Å². The van der Waals surface area contributed by atoms with E-state index in [-0.39, 0.29) is 0 Å². The third-order valence-corrected chi connectivity index (χ3v) is 5.79. The quantitative estimate of drug-likeness (QED) is 0.911. The Morgan fingerprint density at radius 1 is 1.11 bits per heavy atom. The molecule has 0 bridgehead atoms. The SMILES string of the molecule is CNCc1nnc(C2CCC3CCCCC3C2)s1. The Morgan fingerprint density at radius 3 is 2.78 bits per heavy atom. The summed E-state index contributed by atoms with van der Waals surface area (Å²) in [6.07, 6.45) is 10.0. The average molecular weight is 265 g/mol. The smallest absolute Gasteiger partial charge is 0.131 e. The molecule has 0 aliphatic heterocycles. The Morgan fingerprint density at radius 2 is 1.94 bits per heavy atom. The number of hydrogen-bond donors (Lipinski definition) is 1. The first kappa shape index (κ1) is 12.5. The van der Waals surface area contributed by atoms with E-state index in [0.29, 0.717) is 5.92 Å². The second kappa shape index (κ2) is 5.66. The highest BCUT2D eigenvalue weighted by Gasteiger charge is 2.33. The van der Waals surface area contributed by atoms with Crippen molar-refractivity contribution in [1.82, 2.24) is 15.5 Å². The van der Waals surface area contributed by atoms with Gasteiger partial charge in [0.15, 0.2) is 0 Å². The summed E-state index contributed by atoms with van der Waals surface area (Å²) in [5.41, 5.74) is 0. The van der Waals surface area contributed by atoms with Crippen molar-refractivity contribution < 1.29 is 0 Å². The highest BCUT2D eigenvalue weighted by molar-refractivity contribution is 7.11. The third-order valence-electron chi connectivity index (χ3n) is 4.70. The topological polar surface area (TPSA) is 37.8 Å². The van der Waals surface area contributed by atoms with E-state index in [1.807, 2.05) is 18.4 Å². The minimum atomic E-state index is 0.701. The highest BCUT2D eigenvalue weighted by Crippen LogP contribution is 2.46. The Hall–Kier alpha value is -0.480. The molecule has 4 heteroatoms. The zero-order chi connectivity index (χ0) is 12.4. The summed E-state index contributed by atoms with van der Waals surface area (Å²) in [4.78, 5) is 0. The van der Waals surface area contributed by atoms with Crippen LogP contribution in [0, 0.1) is 11.8 Å². The molecule has 2 aliphatic carbocycles. The largest absolute Gasteiger partial charge is 0.313 e. The van der Waals surface area contributed by atoms with Crippen LogP contribution in [-0.4, -0.2) is 17.2 Å². The van der Waals surface area contributed by atoms with E-state index in [0.717, 1.165) is 23.4 Å². The molecule has 100 valence electrons. The van der Waals surface area contributed by atoms with Gasteiger partial charge in [-0.3, -0.25) is 0 Å². The predicted octanol–water partition coefficient (Wildman–Crippen LogP) is 3.33. The van der Waals surface area contributed by atoms with Crippen LogP contribution in [-0.2, 0) is 6.54 Å². The molecule has 2 aliphatic rings. The van der Waals surface area contributed by atoms with Crippen molar-refractivity contribution in [2.75, 3.05) is 7.05 Å². The van der Waals surface area contributed by atoms with Crippen LogP contribution in [0.3, 0.4) is 0 Å². The standard InChI is InChI=1S/C14H23N3S/c1-15-9-13-16-17-14(18-13)12-7-6-10-4-2-3-5-11(10)8-12/h10-12,15H,2-9H2,1H3. The van der Waals surface area contributed by atoms with E-state index < -0.39 is 0 Å². The molecule has 0 spiro atoms. The number of hydrogen-bond acceptors (Lipinski definition) is 4. The van der Waals surface area contributed by atoms with Crippen LogP contribution in [0.2, 0.25) is 0 Å². The lowest BCUT2D eigenvalue weighted by molar-refractivity contribution is 0.155. The molecule has 0 saturated heterocycles. The Kier molecular flexibility index (Phi) is 3.94. The van der Waals surface area contributed by atoms with Crippen LogP contribution in [0.1, 0.15) is 60.9 Å². The van der Waals surface area contributed by atoms with Crippen molar-refractivity contribution in [2.24, 2.45) is 11.8 Å². The summed E-state index contributed by atoms with van der Waals surface area (Å²) in [5, 5.41) is 14.3. The fraction of sp³-hybridized carbons (Fsp3) is 0.857. The van der Waals surface area contributed by atoms with Gasteiger partial charge in [0.25, 0.3) is 0 Å². The van der Waals surface area contributed by atoms with Gasteiger partial charge in [-0.25, -0.2) is 0 Å². The van der Waals surface area contributed by atoms with Gasteiger partial charge in [-0.05, 0) is 38.1 Å². The van der Waals surface area contributed by atoms with Gasteiger partial charge >= 0.3 is 0 Å². The summed E-state index contributed by atoms with van der Waals surface area (Å²) in [6.45, 7) is 0.858. The first-order valence-electron chi connectivity index (χ1n) is 7.33. The molecular weight excluding hydrogens is 242 g/mol. The first-order chi connectivity index (χ1) is 8.86. The molecule has 1 aromatic heterocycles. The zero-order valence-corrected chi connectivity index (χ0v) is 12.0. The molecule has 0 amide bonds. The predicted molar refractivity (Wildman–Crippen MR) is 74.7 cm³/mol. The van der Waals surface area contributed by atoms with Gasteiger partial charge < -0.3 is 5.32 Å². The number of rotatable bonds is 3.